The molecule has 0 bridgehead atoms. The molecule has 1 aromatic carbocycles. The fraction of sp³-hybridized carbons (Fsp3) is 0.222. The highest BCUT2D eigenvalue weighted by Crippen LogP contribution is 2.29. The number of nitrogens with two attached hydrogens (primary N) is 2. The summed E-state index contributed by atoms with van der Waals surface area (Å²) in [6, 6.07) is 4.88. The first-order chi connectivity index (χ1) is 6.50. The lowest BCUT2D eigenvalue weighted by Crippen LogP contribution is -2.23. The summed E-state index contributed by atoms with van der Waals surface area (Å²) in [5, 5.41) is 9.55. The Hall–Kier alpha value is -1.23. The maximum atomic E-state index is 9.55. The number of guanidine groups is 1. The highest BCUT2D eigenvalue weighted by Gasteiger charge is 2.09. The van der Waals surface area contributed by atoms with E-state index in [9.17, 15) is 5.11 Å². The Kier molecular flexibility index (Phi) is 3.35. The fourth-order valence-electron chi connectivity index (χ4n) is 1.15. The number of halogens is 1. The summed E-state index contributed by atoms with van der Waals surface area (Å²) in [5.41, 5.74) is 11.2. The third-order valence-electron chi connectivity index (χ3n) is 1.78. The SMILES string of the molecule is CC(N=C(N)N)c1cc(Br)ccc1O. The van der Waals surface area contributed by atoms with Crippen LogP contribution in [0.25, 0.3) is 0 Å². The second-order valence-corrected chi connectivity index (χ2v) is 3.85. The molecule has 1 atom stereocenters. The molecule has 0 fully saturated rings. The minimum absolute atomic E-state index is 0.0110. The average Bonchev–Trinajstić information content (AvgIpc) is 2.08. The average molecular weight is 258 g/mol. The van der Waals surface area contributed by atoms with Gasteiger partial charge in [-0.05, 0) is 25.1 Å². The molecular weight excluding hydrogens is 246 g/mol. The molecule has 0 saturated carbocycles. The molecule has 1 unspecified atom stereocenters. The van der Waals surface area contributed by atoms with E-state index in [4.69, 9.17) is 11.5 Å². The number of aromatic hydroxyl groups is 1. The summed E-state index contributed by atoms with van der Waals surface area (Å²) in [7, 11) is 0. The first kappa shape index (κ1) is 10.8. The summed E-state index contributed by atoms with van der Waals surface area (Å²) < 4.78 is 0.878. The van der Waals surface area contributed by atoms with Gasteiger partial charge in [-0.2, -0.15) is 0 Å². The zero-order valence-electron chi connectivity index (χ0n) is 7.74. The summed E-state index contributed by atoms with van der Waals surface area (Å²) in [6.45, 7) is 1.81. The molecule has 0 saturated heterocycles. The molecule has 0 heterocycles. The fourth-order valence-corrected chi connectivity index (χ4v) is 1.53. The minimum Gasteiger partial charge on any atom is -0.508 e. The van der Waals surface area contributed by atoms with Crippen LogP contribution >= 0.6 is 15.9 Å². The Bertz CT molecular complexity index is 361. The van der Waals surface area contributed by atoms with Crippen molar-refractivity contribution in [1.29, 1.82) is 0 Å². The van der Waals surface area contributed by atoms with Crippen molar-refractivity contribution in [2.75, 3.05) is 0 Å². The number of nitrogens with zero attached hydrogens (tertiary/aromatic N) is 1. The highest BCUT2D eigenvalue weighted by molar-refractivity contribution is 9.10. The highest BCUT2D eigenvalue weighted by atomic mass is 79.9. The third kappa shape index (κ3) is 2.63. The zero-order valence-corrected chi connectivity index (χ0v) is 9.32. The van der Waals surface area contributed by atoms with Crippen LogP contribution in [0.5, 0.6) is 5.75 Å². The Balaban J connectivity index is 3.05. The monoisotopic (exact) mass is 257 g/mol. The van der Waals surface area contributed by atoms with Gasteiger partial charge in [-0.3, -0.25) is 0 Å². The van der Waals surface area contributed by atoms with Crippen LogP contribution in [0.3, 0.4) is 0 Å². The quantitative estimate of drug-likeness (QED) is 0.555. The number of hydrogen-bond acceptors (Lipinski definition) is 2. The van der Waals surface area contributed by atoms with Crippen molar-refractivity contribution in [3.05, 3.63) is 28.2 Å². The van der Waals surface area contributed by atoms with E-state index < -0.39 is 0 Å². The topological polar surface area (TPSA) is 84.6 Å². The molecule has 1 aromatic rings. The van der Waals surface area contributed by atoms with Crippen molar-refractivity contribution in [2.24, 2.45) is 16.5 Å². The van der Waals surface area contributed by atoms with Crippen LogP contribution < -0.4 is 11.5 Å². The Labute approximate surface area is 90.8 Å². The van der Waals surface area contributed by atoms with E-state index in [-0.39, 0.29) is 17.8 Å². The van der Waals surface area contributed by atoms with E-state index in [1.807, 2.05) is 0 Å². The van der Waals surface area contributed by atoms with Crippen LogP contribution in [-0.2, 0) is 0 Å². The van der Waals surface area contributed by atoms with Gasteiger partial charge < -0.3 is 16.6 Å². The molecule has 1 rings (SSSR count). The van der Waals surface area contributed by atoms with Crippen LogP contribution in [0.1, 0.15) is 18.5 Å². The van der Waals surface area contributed by atoms with Crippen molar-refractivity contribution in [1.82, 2.24) is 0 Å². The molecule has 76 valence electrons. The van der Waals surface area contributed by atoms with Gasteiger partial charge in [0.25, 0.3) is 0 Å². The normalized spacial score (nSPS) is 12.1. The van der Waals surface area contributed by atoms with E-state index >= 15 is 0 Å². The lowest BCUT2D eigenvalue weighted by Gasteiger charge is -2.09. The Morgan fingerprint density at radius 1 is 1.50 bits per heavy atom. The van der Waals surface area contributed by atoms with Crippen molar-refractivity contribution >= 4 is 21.9 Å². The smallest absolute Gasteiger partial charge is 0.186 e. The molecule has 5 N–H and O–H groups in total. The van der Waals surface area contributed by atoms with Crippen molar-refractivity contribution < 1.29 is 5.11 Å². The largest absolute Gasteiger partial charge is 0.508 e. The van der Waals surface area contributed by atoms with E-state index in [1.54, 1.807) is 25.1 Å². The summed E-state index contributed by atoms with van der Waals surface area (Å²) in [6.07, 6.45) is 0. The van der Waals surface area contributed by atoms with Gasteiger partial charge in [-0.15, -0.1) is 0 Å². The van der Waals surface area contributed by atoms with E-state index in [1.165, 1.54) is 0 Å². The number of rotatable bonds is 2. The van der Waals surface area contributed by atoms with Gasteiger partial charge in [0.2, 0.25) is 0 Å². The molecule has 14 heavy (non-hydrogen) atoms. The van der Waals surface area contributed by atoms with E-state index in [0.29, 0.717) is 5.56 Å². The van der Waals surface area contributed by atoms with Crippen LogP contribution in [0.4, 0.5) is 0 Å². The second kappa shape index (κ2) is 4.32. The van der Waals surface area contributed by atoms with Crippen LogP contribution in [-0.4, -0.2) is 11.1 Å². The maximum Gasteiger partial charge on any atom is 0.186 e. The standard InChI is InChI=1S/C9H12BrN3O/c1-5(13-9(11)12)7-4-6(10)2-3-8(7)14/h2-5,14H,1H3,(H4,11,12,13). The van der Waals surface area contributed by atoms with Crippen molar-refractivity contribution in [2.45, 2.75) is 13.0 Å². The van der Waals surface area contributed by atoms with Crippen LogP contribution in [0.2, 0.25) is 0 Å². The molecule has 0 amide bonds. The van der Waals surface area contributed by atoms with E-state index in [0.717, 1.165) is 4.47 Å². The zero-order chi connectivity index (χ0) is 10.7. The molecule has 0 aliphatic heterocycles. The van der Waals surface area contributed by atoms with Crippen molar-refractivity contribution in [3.63, 3.8) is 0 Å². The predicted molar refractivity (Wildman–Crippen MR) is 60.0 cm³/mol. The molecule has 4 nitrogen and oxygen atoms in total. The predicted octanol–water partition coefficient (Wildman–Crippen LogP) is 1.49. The van der Waals surface area contributed by atoms with E-state index in [2.05, 4.69) is 20.9 Å². The summed E-state index contributed by atoms with van der Waals surface area (Å²) >= 11 is 3.31. The molecule has 5 heteroatoms. The molecule has 0 radical (unpaired) electrons. The Morgan fingerprint density at radius 2 is 2.14 bits per heavy atom. The van der Waals surface area contributed by atoms with Gasteiger partial charge in [-0.1, -0.05) is 15.9 Å². The van der Waals surface area contributed by atoms with Crippen LogP contribution in [0, 0.1) is 0 Å². The maximum absolute atomic E-state index is 9.55. The molecular formula is C9H12BrN3O. The molecule has 0 aliphatic carbocycles. The first-order valence-corrected chi connectivity index (χ1v) is 4.87. The number of phenolic OH excluding ortho intramolecular Hbond substituents is 1. The van der Waals surface area contributed by atoms with Crippen LogP contribution in [0.15, 0.2) is 27.7 Å². The number of hydrogen-bond donors (Lipinski definition) is 3. The molecule has 0 aromatic heterocycles. The number of aliphatic imine (C=N–C) groups is 1. The summed E-state index contributed by atoms with van der Waals surface area (Å²) in [4.78, 5) is 3.94. The van der Waals surface area contributed by atoms with Gasteiger partial charge in [0.05, 0.1) is 6.04 Å². The minimum atomic E-state index is -0.252. The van der Waals surface area contributed by atoms with Gasteiger partial charge in [0.1, 0.15) is 5.75 Å². The van der Waals surface area contributed by atoms with Gasteiger partial charge in [0.15, 0.2) is 5.96 Å². The lowest BCUT2D eigenvalue weighted by atomic mass is 10.1. The number of benzene rings is 1. The summed E-state index contributed by atoms with van der Waals surface area (Å²) in [5.74, 6) is 0.197. The van der Waals surface area contributed by atoms with Gasteiger partial charge in [-0.25, -0.2) is 4.99 Å². The van der Waals surface area contributed by atoms with Gasteiger partial charge in [0, 0.05) is 10.0 Å². The molecule has 0 spiro atoms. The van der Waals surface area contributed by atoms with Gasteiger partial charge >= 0.3 is 0 Å². The van der Waals surface area contributed by atoms with Crippen molar-refractivity contribution in [3.8, 4) is 5.75 Å². The number of phenols is 1. The first-order valence-electron chi connectivity index (χ1n) is 4.08. The second-order valence-electron chi connectivity index (χ2n) is 2.93. The third-order valence-corrected chi connectivity index (χ3v) is 2.28. The Morgan fingerprint density at radius 3 is 2.71 bits per heavy atom. The lowest BCUT2D eigenvalue weighted by molar-refractivity contribution is 0.464. The molecule has 0 aliphatic rings.